The fourth-order valence-electron chi connectivity index (χ4n) is 1.03. The number of carbonyl (C=O) groups excluding carboxylic acids is 1. The van der Waals surface area contributed by atoms with Gasteiger partial charge in [0, 0.05) is 25.9 Å². The summed E-state index contributed by atoms with van der Waals surface area (Å²) in [6.07, 6.45) is 1.58. The lowest BCUT2D eigenvalue weighted by molar-refractivity contribution is 0.103. The second-order valence-electron chi connectivity index (χ2n) is 3.41. The molecule has 0 aliphatic carbocycles. The van der Waals surface area contributed by atoms with Gasteiger partial charge in [-0.05, 0) is 24.6 Å². The fraction of sp³-hybridized carbons (Fsp3) is 0.273. The van der Waals surface area contributed by atoms with Crippen molar-refractivity contribution in [2.75, 3.05) is 19.0 Å². The highest BCUT2D eigenvalue weighted by molar-refractivity contribution is 6.07. The van der Waals surface area contributed by atoms with Crippen LogP contribution in [0.3, 0.4) is 0 Å². The first-order chi connectivity index (χ1) is 6.52. The van der Waals surface area contributed by atoms with Gasteiger partial charge in [-0.2, -0.15) is 0 Å². The van der Waals surface area contributed by atoms with E-state index in [4.69, 9.17) is 0 Å². The van der Waals surface area contributed by atoms with E-state index in [1.165, 1.54) is 0 Å². The van der Waals surface area contributed by atoms with Gasteiger partial charge >= 0.3 is 0 Å². The first-order valence-corrected chi connectivity index (χ1v) is 4.36. The van der Waals surface area contributed by atoms with Crippen LogP contribution in [0.15, 0.2) is 30.5 Å². The number of hydrogen-bond acceptors (Lipinski definition) is 3. The molecule has 0 amide bonds. The third-order valence-corrected chi connectivity index (χ3v) is 1.86. The molecule has 0 fully saturated rings. The van der Waals surface area contributed by atoms with Gasteiger partial charge in [0.15, 0.2) is 5.78 Å². The van der Waals surface area contributed by atoms with Crippen LogP contribution in [0.2, 0.25) is 0 Å². The predicted molar refractivity (Wildman–Crippen MR) is 57.7 cm³/mol. The zero-order valence-corrected chi connectivity index (χ0v) is 8.74. The quantitative estimate of drug-likeness (QED) is 0.539. The minimum absolute atomic E-state index is 0.0530. The zero-order valence-electron chi connectivity index (χ0n) is 8.74. The minimum Gasteiger partial charge on any atom is -0.363 e. The Balaban J connectivity index is 2.94. The molecule has 1 rings (SSSR count). The van der Waals surface area contributed by atoms with E-state index >= 15 is 0 Å². The van der Waals surface area contributed by atoms with Gasteiger partial charge in [0.05, 0.1) is 0 Å². The lowest BCUT2D eigenvalue weighted by atomic mass is 10.1. The lowest BCUT2D eigenvalue weighted by Crippen LogP contribution is -2.11. The third kappa shape index (κ3) is 2.19. The van der Waals surface area contributed by atoms with Crippen molar-refractivity contribution in [2.24, 2.45) is 0 Å². The number of aromatic nitrogens is 1. The zero-order chi connectivity index (χ0) is 10.7. The highest BCUT2D eigenvalue weighted by Crippen LogP contribution is 2.10. The van der Waals surface area contributed by atoms with E-state index in [1.807, 2.05) is 25.1 Å². The number of hydrogen-bond donors (Lipinski definition) is 0. The number of carbonyl (C=O) groups is 1. The van der Waals surface area contributed by atoms with Gasteiger partial charge in [-0.3, -0.25) is 4.79 Å². The topological polar surface area (TPSA) is 33.2 Å². The number of nitrogens with zero attached hydrogens (tertiary/aromatic N) is 2. The Morgan fingerprint density at radius 3 is 2.43 bits per heavy atom. The second-order valence-corrected chi connectivity index (χ2v) is 3.41. The molecule has 0 saturated carbocycles. The van der Waals surface area contributed by atoms with Crippen molar-refractivity contribution < 1.29 is 4.79 Å². The van der Waals surface area contributed by atoms with Crippen molar-refractivity contribution in [2.45, 2.75) is 6.92 Å². The summed E-state index contributed by atoms with van der Waals surface area (Å²) >= 11 is 0. The Bertz CT molecular complexity index is 352. The summed E-state index contributed by atoms with van der Waals surface area (Å²) in [5, 5.41) is 0. The summed E-state index contributed by atoms with van der Waals surface area (Å²) in [6.45, 7) is 5.30. The SMILES string of the molecule is C=C(C)C(=O)c1ccc(N(C)C)nc1. The molecule has 0 atom stereocenters. The minimum atomic E-state index is -0.0530. The highest BCUT2D eigenvalue weighted by atomic mass is 16.1. The number of rotatable bonds is 3. The second kappa shape index (κ2) is 4.05. The molecule has 0 N–H and O–H groups in total. The number of Topliss-reactive ketones (excluding diaryl/α,β-unsaturated/α-hetero) is 1. The summed E-state index contributed by atoms with van der Waals surface area (Å²) in [7, 11) is 3.81. The molecule has 0 bridgehead atoms. The Morgan fingerprint density at radius 1 is 1.43 bits per heavy atom. The monoisotopic (exact) mass is 190 g/mol. The molecule has 1 aromatic heterocycles. The summed E-state index contributed by atoms with van der Waals surface area (Å²) < 4.78 is 0. The summed E-state index contributed by atoms with van der Waals surface area (Å²) in [5.41, 5.74) is 1.12. The summed E-state index contributed by atoms with van der Waals surface area (Å²) in [4.78, 5) is 17.5. The molecule has 0 aromatic carbocycles. The van der Waals surface area contributed by atoms with Gasteiger partial charge in [-0.15, -0.1) is 0 Å². The van der Waals surface area contributed by atoms with Gasteiger partial charge in [-0.25, -0.2) is 4.98 Å². The molecule has 0 spiro atoms. The Hall–Kier alpha value is -1.64. The number of anilines is 1. The van der Waals surface area contributed by atoms with E-state index in [0.29, 0.717) is 11.1 Å². The normalized spacial score (nSPS) is 9.64. The van der Waals surface area contributed by atoms with Crippen molar-refractivity contribution in [3.63, 3.8) is 0 Å². The number of pyridine rings is 1. The fourth-order valence-corrected chi connectivity index (χ4v) is 1.03. The summed E-state index contributed by atoms with van der Waals surface area (Å²) in [5.74, 6) is 0.783. The van der Waals surface area contributed by atoms with E-state index < -0.39 is 0 Å². The van der Waals surface area contributed by atoms with Crippen molar-refractivity contribution >= 4 is 11.6 Å². The van der Waals surface area contributed by atoms with Crippen LogP contribution in [0, 0.1) is 0 Å². The lowest BCUT2D eigenvalue weighted by Gasteiger charge is -2.10. The van der Waals surface area contributed by atoms with E-state index in [9.17, 15) is 4.79 Å². The molecule has 1 aromatic rings. The molecule has 0 unspecified atom stereocenters. The first kappa shape index (κ1) is 10.4. The van der Waals surface area contributed by atoms with Gasteiger partial charge in [0.1, 0.15) is 5.82 Å². The third-order valence-electron chi connectivity index (χ3n) is 1.86. The van der Waals surface area contributed by atoms with Crippen molar-refractivity contribution in [1.82, 2.24) is 4.98 Å². The van der Waals surface area contributed by atoms with Crippen LogP contribution < -0.4 is 4.90 Å². The van der Waals surface area contributed by atoms with Crippen LogP contribution in [0.5, 0.6) is 0 Å². The molecule has 1 heterocycles. The van der Waals surface area contributed by atoms with Crippen LogP contribution in [-0.4, -0.2) is 24.9 Å². The van der Waals surface area contributed by atoms with Crippen LogP contribution in [0.1, 0.15) is 17.3 Å². The molecular weight excluding hydrogens is 176 g/mol. The average Bonchev–Trinajstić information content (AvgIpc) is 2.16. The van der Waals surface area contributed by atoms with E-state index in [-0.39, 0.29) is 5.78 Å². The van der Waals surface area contributed by atoms with Crippen LogP contribution in [0.4, 0.5) is 5.82 Å². The average molecular weight is 190 g/mol. The van der Waals surface area contributed by atoms with Gasteiger partial charge < -0.3 is 4.90 Å². The molecule has 0 radical (unpaired) electrons. The molecular formula is C11H14N2O. The molecule has 0 aliphatic heterocycles. The van der Waals surface area contributed by atoms with E-state index in [0.717, 1.165) is 5.82 Å². The molecule has 0 aliphatic rings. The first-order valence-electron chi connectivity index (χ1n) is 4.36. The molecule has 0 saturated heterocycles. The molecule has 74 valence electrons. The number of ketones is 1. The molecule has 14 heavy (non-hydrogen) atoms. The van der Waals surface area contributed by atoms with Crippen molar-refractivity contribution in [1.29, 1.82) is 0 Å². The van der Waals surface area contributed by atoms with Gasteiger partial charge in [-0.1, -0.05) is 6.58 Å². The van der Waals surface area contributed by atoms with Crippen molar-refractivity contribution in [3.8, 4) is 0 Å². The van der Waals surface area contributed by atoms with Crippen LogP contribution in [-0.2, 0) is 0 Å². The standard InChI is InChI=1S/C11H14N2O/c1-8(2)11(14)9-5-6-10(12-7-9)13(3)4/h5-7H,1H2,2-4H3. The highest BCUT2D eigenvalue weighted by Gasteiger charge is 2.06. The number of allylic oxidation sites excluding steroid dienone is 1. The van der Waals surface area contributed by atoms with Crippen molar-refractivity contribution in [3.05, 3.63) is 36.0 Å². The Morgan fingerprint density at radius 2 is 2.07 bits per heavy atom. The Labute approximate surface area is 84.1 Å². The Kier molecular flexibility index (Phi) is 3.02. The van der Waals surface area contributed by atoms with Crippen LogP contribution >= 0.6 is 0 Å². The van der Waals surface area contributed by atoms with E-state index in [1.54, 1.807) is 19.2 Å². The van der Waals surface area contributed by atoms with E-state index in [2.05, 4.69) is 11.6 Å². The summed E-state index contributed by atoms with van der Waals surface area (Å²) in [6, 6.07) is 3.58. The largest absolute Gasteiger partial charge is 0.363 e. The molecule has 3 nitrogen and oxygen atoms in total. The van der Waals surface area contributed by atoms with Gasteiger partial charge in [0.25, 0.3) is 0 Å². The predicted octanol–water partition coefficient (Wildman–Crippen LogP) is 1.91. The maximum atomic E-state index is 11.5. The maximum absolute atomic E-state index is 11.5. The molecule has 3 heteroatoms. The maximum Gasteiger partial charge on any atom is 0.189 e. The van der Waals surface area contributed by atoms with Gasteiger partial charge in [0.2, 0.25) is 0 Å². The smallest absolute Gasteiger partial charge is 0.189 e. The van der Waals surface area contributed by atoms with Crippen LogP contribution in [0.25, 0.3) is 0 Å².